The number of nitrogens with zero attached hydrogens (tertiary/aromatic N) is 3. The molecule has 2 aromatic heterocycles. The Bertz CT molecular complexity index is 1470. The van der Waals surface area contributed by atoms with Gasteiger partial charge in [-0.15, -0.1) is 0 Å². The second kappa shape index (κ2) is 15.5. The second-order valence-corrected chi connectivity index (χ2v) is 12.0. The van der Waals surface area contributed by atoms with E-state index in [1.54, 1.807) is 50.6 Å². The molecule has 1 amide bonds. The number of hydrogen-bond donors (Lipinski definition) is 0. The monoisotopic (exact) mass is 613 g/mol. The summed E-state index contributed by atoms with van der Waals surface area (Å²) in [6.07, 6.45) is 6.68. The Kier molecular flexibility index (Phi) is 12.0. The van der Waals surface area contributed by atoms with E-state index in [-0.39, 0.29) is 37.1 Å². The number of aryl methyl sites for hydroxylation is 1. The van der Waals surface area contributed by atoms with Crippen LogP contribution in [0.3, 0.4) is 0 Å². The lowest BCUT2D eigenvalue weighted by atomic mass is 10.2. The van der Waals surface area contributed by atoms with Gasteiger partial charge in [0.05, 0.1) is 19.8 Å². The summed E-state index contributed by atoms with van der Waals surface area (Å²) in [7, 11) is -2.27. The van der Waals surface area contributed by atoms with Gasteiger partial charge in [0.2, 0.25) is 5.88 Å². The first-order valence-corrected chi connectivity index (χ1v) is 15.2. The Morgan fingerprint density at radius 1 is 0.907 bits per heavy atom. The fourth-order valence-corrected chi connectivity index (χ4v) is 4.59. The summed E-state index contributed by atoms with van der Waals surface area (Å²) < 4.78 is 51.7. The summed E-state index contributed by atoms with van der Waals surface area (Å²) >= 11 is 0. The average molecular weight is 614 g/mol. The van der Waals surface area contributed by atoms with Crippen molar-refractivity contribution in [2.45, 2.75) is 45.1 Å². The molecule has 0 N–H and O–H groups in total. The molecule has 0 aliphatic heterocycles. The molecule has 2 heterocycles. The molecule has 0 radical (unpaired) electrons. The minimum atomic E-state index is -3.89. The highest BCUT2D eigenvalue weighted by molar-refractivity contribution is 7.86. The standard InChI is InChI=1S/C31H39N3O8S/c1-7-41-43(36,37)27-13-8-23(2)20-26(27)39-18-16-38-17-19-40-29-15-12-25(22-33-29)10-9-24-11-14-28(32-21-24)34(6)30(35)42-31(3,4)5/h8-15,20-22H,7,16-19H2,1-6H3. The molecule has 1 aromatic carbocycles. The zero-order valence-electron chi connectivity index (χ0n) is 25.4. The molecule has 3 rings (SSSR count). The molecule has 43 heavy (non-hydrogen) atoms. The molecule has 0 spiro atoms. The molecule has 0 saturated carbocycles. The van der Waals surface area contributed by atoms with Crippen LogP contribution in [0.25, 0.3) is 12.2 Å². The molecular weight excluding hydrogens is 574 g/mol. The first-order valence-electron chi connectivity index (χ1n) is 13.8. The number of carbonyl (C=O) groups excluding carboxylic acids is 1. The minimum absolute atomic E-state index is 0.00894. The molecular formula is C31H39N3O8S. The largest absolute Gasteiger partial charge is 0.490 e. The summed E-state index contributed by atoms with van der Waals surface area (Å²) in [6, 6.07) is 12.1. The number of pyridine rings is 2. The van der Waals surface area contributed by atoms with E-state index in [1.165, 1.54) is 11.0 Å². The number of hydrogen-bond acceptors (Lipinski definition) is 10. The Morgan fingerprint density at radius 3 is 2.14 bits per heavy atom. The summed E-state index contributed by atoms with van der Waals surface area (Å²) in [6.45, 7) is 9.93. The Labute approximate surface area is 253 Å². The number of aromatic nitrogens is 2. The predicted molar refractivity (Wildman–Crippen MR) is 164 cm³/mol. The Morgan fingerprint density at radius 2 is 1.56 bits per heavy atom. The molecule has 12 heteroatoms. The van der Waals surface area contributed by atoms with E-state index in [4.69, 9.17) is 23.1 Å². The first kappa shape index (κ1) is 33.5. The molecule has 0 bridgehead atoms. The van der Waals surface area contributed by atoms with Gasteiger partial charge in [0.1, 0.15) is 35.3 Å². The highest BCUT2D eigenvalue weighted by Gasteiger charge is 2.21. The van der Waals surface area contributed by atoms with Gasteiger partial charge in [0.25, 0.3) is 0 Å². The molecule has 0 atom stereocenters. The van der Waals surface area contributed by atoms with Gasteiger partial charge < -0.3 is 18.9 Å². The maximum atomic E-state index is 12.3. The van der Waals surface area contributed by atoms with Crippen molar-refractivity contribution in [1.82, 2.24) is 9.97 Å². The van der Waals surface area contributed by atoms with Gasteiger partial charge in [-0.3, -0.25) is 9.08 Å². The summed E-state index contributed by atoms with van der Waals surface area (Å²) in [4.78, 5) is 22.2. The zero-order valence-corrected chi connectivity index (χ0v) is 26.2. The SMILES string of the molecule is CCOS(=O)(=O)c1ccc(C)cc1OCCOCCOc1ccc(C=Cc2ccc(N(C)C(=O)OC(C)(C)C)nc2)cn1. The number of rotatable bonds is 14. The average Bonchev–Trinajstić information content (AvgIpc) is 2.95. The van der Waals surface area contributed by atoms with Gasteiger partial charge in [-0.05, 0) is 81.6 Å². The van der Waals surface area contributed by atoms with E-state index >= 15 is 0 Å². The van der Waals surface area contributed by atoms with Gasteiger partial charge in [-0.1, -0.05) is 18.2 Å². The molecule has 0 unspecified atom stereocenters. The summed E-state index contributed by atoms with van der Waals surface area (Å²) in [5.41, 5.74) is 2.01. The number of ether oxygens (including phenoxy) is 4. The van der Waals surface area contributed by atoms with E-state index in [1.807, 2.05) is 52.0 Å². The molecule has 0 aliphatic rings. The maximum Gasteiger partial charge on any atom is 0.415 e. The third-order valence-electron chi connectivity index (χ3n) is 5.61. The lowest BCUT2D eigenvalue weighted by Crippen LogP contribution is -2.34. The summed E-state index contributed by atoms with van der Waals surface area (Å²) in [5.74, 6) is 1.17. The second-order valence-electron chi connectivity index (χ2n) is 10.4. The van der Waals surface area contributed by atoms with Crippen molar-refractivity contribution in [3.05, 3.63) is 71.5 Å². The van der Waals surface area contributed by atoms with Gasteiger partial charge in [-0.25, -0.2) is 14.8 Å². The molecule has 232 valence electrons. The van der Waals surface area contributed by atoms with Crippen molar-refractivity contribution in [3.8, 4) is 11.6 Å². The van der Waals surface area contributed by atoms with Gasteiger partial charge >= 0.3 is 16.2 Å². The lowest BCUT2D eigenvalue weighted by molar-refractivity contribution is 0.0588. The first-order chi connectivity index (χ1) is 20.4. The van der Waals surface area contributed by atoms with Crippen molar-refractivity contribution in [1.29, 1.82) is 0 Å². The van der Waals surface area contributed by atoms with Crippen LogP contribution in [-0.2, 0) is 23.8 Å². The van der Waals surface area contributed by atoms with Crippen LogP contribution in [0.15, 0.2) is 59.8 Å². The van der Waals surface area contributed by atoms with Crippen LogP contribution in [-0.4, -0.2) is 70.2 Å². The Hall–Kier alpha value is -4.00. The number of anilines is 1. The third-order valence-corrected chi connectivity index (χ3v) is 7.04. The quantitative estimate of drug-likeness (QED) is 0.169. The molecule has 0 fully saturated rings. The molecule has 0 aliphatic carbocycles. The number of amides is 1. The van der Waals surface area contributed by atoms with Crippen LogP contribution in [0, 0.1) is 6.92 Å². The highest BCUT2D eigenvalue weighted by Crippen LogP contribution is 2.26. The van der Waals surface area contributed by atoms with Crippen molar-refractivity contribution >= 4 is 34.2 Å². The Balaban J connectivity index is 1.39. The number of carbonyl (C=O) groups is 1. The maximum absolute atomic E-state index is 12.3. The van der Waals surface area contributed by atoms with E-state index in [2.05, 4.69) is 9.97 Å². The molecule has 3 aromatic rings. The van der Waals surface area contributed by atoms with E-state index in [0.717, 1.165) is 16.7 Å². The van der Waals surface area contributed by atoms with E-state index in [0.29, 0.717) is 18.3 Å². The van der Waals surface area contributed by atoms with Gasteiger partial charge in [-0.2, -0.15) is 8.42 Å². The fourth-order valence-electron chi connectivity index (χ4n) is 3.56. The predicted octanol–water partition coefficient (Wildman–Crippen LogP) is 5.53. The van der Waals surface area contributed by atoms with Gasteiger partial charge in [0.15, 0.2) is 0 Å². The fraction of sp³-hybridized carbons (Fsp3) is 0.387. The van der Waals surface area contributed by atoms with Crippen molar-refractivity contribution in [3.63, 3.8) is 0 Å². The van der Waals surface area contributed by atoms with Crippen molar-refractivity contribution in [2.24, 2.45) is 0 Å². The van der Waals surface area contributed by atoms with E-state index in [9.17, 15) is 13.2 Å². The normalized spacial score (nSPS) is 11.9. The smallest absolute Gasteiger partial charge is 0.415 e. The van der Waals surface area contributed by atoms with E-state index < -0.39 is 21.8 Å². The van der Waals surface area contributed by atoms with Crippen molar-refractivity contribution < 1.29 is 36.3 Å². The van der Waals surface area contributed by atoms with Crippen LogP contribution in [0.4, 0.5) is 10.6 Å². The van der Waals surface area contributed by atoms with Crippen LogP contribution in [0.2, 0.25) is 0 Å². The van der Waals surface area contributed by atoms with Crippen LogP contribution >= 0.6 is 0 Å². The number of benzene rings is 1. The molecule has 0 saturated heterocycles. The highest BCUT2D eigenvalue weighted by atomic mass is 32.2. The van der Waals surface area contributed by atoms with Crippen LogP contribution in [0.5, 0.6) is 11.6 Å². The molecule has 11 nitrogen and oxygen atoms in total. The summed E-state index contributed by atoms with van der Waals surface area (Å²) in [5, 5.41) is 0. The topological polar surface area (TPSA) is 126 Å². The van der Waals surface area contributed by atoms with Crippen LogP contribution < -0.4 is 14.4 Å². The minimum Gasteiger partial charge on any atom is -0.490 e. The van der Waals surface area contributed by atoms with Gasteiger partial charge in [0, 0.05) is 25.5 Å². The van der Waals surface area contributed by atoms with Crippen molar-refractivity contribution in [2.75, 3.05) is 45.0 Å². The zero-order chi connectivity index (χ0) is 31.5. The van der Waals surface area contributed by atoms with Crippen LogP contribution in [0.1, 0.15) is 44.4 Å². The third kappa shape index (κ3) is 11.0. The lowest BCUT2D eigenvalue weighted by Gasteiger charge is -2.24.